The molecule has 1 heterocycles. The Morgan fingerprint density at radius 2 is 2.06 bits per heavy atom. The van der Waals surface area contributed by atoms with Crippen LogP contribution in [0.25, 0.3) is 10.9 Å². The summed E-state index contributed by atoms with van der Waals surface area (Å²) in [5.41, 5.74) is 3.76. The van der Waals surface area contributed by atoms with Gasteiger partial charge in [-0.15, -0.1) is 0 Å². The average Bonchev–Trinajstić information content (AvgIpc) is 2.63. The summed E-state index contributed by atoms with van der Waals surface area (Å²) < 4.78 is 0. The van der Waals surface area contributed by atoms with Gasteiger partial charge >= 0.3 is 0 Å². The Balaban J connectivity index is 2.63. The number of carbonyl (C=O) groups is 1. The second-order valence-electron chi connectivity index (χ2n) is 4.09. The second kappa shape index (κ2) is 4.22. The number of amides is 1. The van der Waals surface area contributed by atoms with E-state index in [0.29, 0.717) is 5.56 Å². The number of hydroxylamine groups is 2. The molecule has 0 saturated heterocycles. The Hall–Kier alpha value is -1.81. The molecule has 0 unspecified atom stereocenters. The van der Waals surface area contributed by atoms with Gasteiger partial charge in [0, 0.05) is 18.1 Å². The van der Waals surface area contributed by atoms with Crippen LogP contribution in [0, 0.1) is 13.8 Å². The number of rotatable bonds is 2. The quantitative estimate of drug-likeness (QED) is 0.808. The van der Waals surface area contributed by atoms with Crippen molar-refractivity contribution in [3.05, 3.63) is 35.0 Å². The molecule has 0 fully saturated rings. The van der Waals surface area contributed by atoms with Gasteiger partial charge in [-0.05, 0) is 25.5 Å². The van der Waals surface area contributed by atoms with Crippen molar-refractivity contribution in [1.82, 2.24) is 10.0 Å². The highest BCUT2D eigenvalue weighted by Gasteiger charge is 2.16. The minimum absolute atomic E-state index is 0.153. The maximum atomic E-state index is 12.1. The fourth-order valence-electron chi connectivity index (χ4n) is 1.91. The zero-order valence-corrected chi connectivity index (χ0v) is 10.5. The third-order valence-corrected chi connectivity index (χ3v) is 3.13. The molecule has 0 radical (unpaired) electrons. The maximum absolute atomic E-state index is 12.1. The smallest absolute Gasteiger partial charge is 0.279 e. The molecule has 17 heavy (non-hydrogen) atoms. The molecule has 0 spiro atoms. The number of hydrogen-bond acceptors (Lipinski definition) is 2. The minimum atomic E-state index is -0.153. The van der Waals surface area contributed by atoms with Crippen molar-refractivity contribution in [2.75, 3.05) is 14.2 Å². The van der Waals surface area contributed by atoms with Crippen molar-refractivity contribution < 1.29 is 9.63 Å². The van der Waals surface area contributed by atoms with Gasteiger partial charge in [0.25, 0.3) is 5.91 Å². The van der Waals surface area contributed by atoms with Crippen LogP contribution in [0.2, 0.25) is 0 Å². The van der Waals surface area contributed by atoms with Crippen molar-refractivity contribution in [1.29, 1.82) is 0 Å². The van der Waals surface area contributed by atoms with Gasteiger partial charge in [0.2, 0.25) is 0 Å². The molecule has 4 nitrogen and oxygen atoms in total. The number of hydrogen-bond donors (Lipinski definition) is 1. The number of fused-ring (bicyclic) bond motifs is 1. The maximum Gasteiger partial charge on any atom is 0.279 e. The Bertz CT molecular complexity index is 572. The van der Waals surface area contributed by atoms with E-state index in [-0.39, 0.29) is 5.91 Å². The SMILES string of the molecule is CON(C)C(=O)c1cccc2c(C)c(C)[nH]c12. The topological polar surface area (TPSA) is 45.3 Å². The fourth-order valence-corrected chi connectivity index (χ4v) is 1.91. The van der Waals surface area contributed by atoms with Crippen LogP contribution in [0.15, 0.2) is 18.2 Å². The van der Waals surface area contributed by atoms with Crippen molar-refractivity contribution in [3.63, 3.8) is 0 Å². The molecule has 0 aliphatic heterocycles. The van der Waals surface area contributed by atoms with Crippen LogP contribution in [-0.4, -0.2) is 30.1 Å². The highest BCUT2D eigenvalue weighted by molar-refractivity contribution is 6.06. The van der Waals surface area contributed by atoms with Gasteiger partial charge < -0.3 is 4.98 Å². The number of carbonyl (C=O) groups excluding carboxylic acids is 1. The van der Waals surface area contributed by atoms with Gasteiger partial charge in [0.05, 0.1) is 18.2 Å². The fraction of sp³-hybridized carbons (Fsp3) is 0.308. The summed E-state index contributed by atoms with van der Waals surface area (Å²) in [4.78, 5) is 20.3. The van der Waals surface area contributed by atoms with Gasteiger partial charge in [0.1, 0.15) is 0 Å². The van der Waals surface area contributed by atoms with E-state index in [9.17, 15) is 4.79 Å². The monoisotopic (exact) mass is 232 g/mol. The molecule has 1 N–H and O–H groups in total. The highest BCUT2D eigenvalue weighted by atomic mass is 16.7. The summed E-state index contributed by atoms with van der Waals surface area (Å²) >= 11 is 0. The van der Waals surface area contributed by atoms with Crippen molar-refractivity contribution in [3.8, 4) is 0 Å². The molecule has 0 atom stereocenters. The summed E-state index contributed by atoms with van der Waals surface area (Å²) in [6, 6.07) is 5.70. The predicted octanol–water partition coefficient (Wildman–Crippen LogP) is 2.42. The molecule has 0 aliphatic carbocycles. The van der Waals surface area contributed by atoms with Gasteiger partial charge in [-0.25, -0.2) is 5.06 Å². The first kappa shape index (κ1) is 11.7. The lowest BCUT2D eigenvalue weighted by Gasteiger charge is -2.13. The third kappa shape index (κ3) is 1.80. The van der Waals surface area contributed by atoms with Gasteiger partial charge in [-0.2, -0.15) is 0 Å². The number of para-hydroxylation sites is 1. The van der Waals surface area contributed by atoms with Crippen LogP contribution in [0.3, 0.4) is 0 Å². The van der Waals surface area contributed by atoms with E-state index in [1.165, 1.54) is 17.7 Å². The number of H-pyrrole nitrogens is 1. The molecule has 2 rings (SSSR count). The van der Waals surface area contributed by atoms with Gasteiger partial charge in [-0.3, -0.25) is 9.63 Å². The summed E-state index contributed by atoms with van der Waals surface area (Å²) in [5, 5.41) is 2.30. The van der Waals surface area contributed by atoms with Crippen LogP contribution >= 0.6 is 0 Å². The van der Waals surface area contributed by atoms with E-state index < -0.39 is 0 Å². The lowest BCUT2D eigenvalue weighted by atomic mass is 10.1. The number of aromatic amines is 1. The van der Waals surface area contributed by atoms with E-state index >= 15 is 0 Å². The second-order valence-corrected chi connectivity index (χ2v) is 4.09. The predicted molar refractivity (Wildman–Crippen MR) is 66.9 cm³/mol. The Labute approximate surface area is 100 Å². The zero-order valence-electron chi connectivity index (χ0n) is 10.5. The summed E-state index contributed by atoms with van der Waals surface area (Å²) in [7, 11) is 3.08. The van der Waals surface area contributed by atoms with Crippen molar-refractivity contribution in [2.45, 2.75) is 13.8 Å². The molecule has 1 aromatic heterocycles. The third-order valence-electron chi connectivity index (χ3n) is 3.13. The number of nitrogens with one attached hydrogen (secondary N) is 1. The molecule has 90 valence electrons. The Kier molecular flexibility index (Phi) is 2.90. The van der Waals surface area contributed by atoms with Crippen molar-refractivity contribution >= 4 is 16.8 Å². The Morgan fingerprint density at radius 3 is 2.71 bits per heavy atom. The van der Waals surface area contributed by atoms with E-state index in [0.717, 1.165) is 16.6 Å². The molecular weight excluding hydrogens is 216 g/mol. The summed E-state index contributed by atoms with van der Waals surface area (Å²) in [6.45, 7) is 4.05. The number of benzene rings is 1. The number of nitrogens with zero attached hydrogens (tertiary/aromatic N) is 1. The summed E-state index contributed by atoms with van der Waals surface area (Å²) in [5.74, 6) is -0.153. The van der Waals surface area contributed by atoms with Crippen LogP contribution in [0.1, 0.15) is 21.6 Å². The van der Waals surface area contributed by atoms with E-state index in [2.05, 4.69) is 4.98 Å². The molecule has 0 aliphatic rings. The molecule has 1 aromatic carbocycles. The number of aromatic nitrogens is 1. The Morgan fingerprint density at radius 1 is 1.35 bits per heavy atom. The van der Waals surface area contributed by atoms with E-state index in [4.69, 9.17) is 4.84 Å². The molecule has 0 bridgehead atoms. The normalized spacial score (nSPS) is 10.8. The number of aryl methyl sites for hydroxylation is 2. The van der Waals surface area contributed by atoms with Crippen LogP contribution < -0.4 is 0 Å². The molecular formula is C13H16N2O2. The first-order valence-electron chi connectivity index (χ1n) is 5.46. The minimum Gasteiger partial charge on any atom is -0.358 e. The first-order valence-corrected chi connectivity index (χ1v) is 5.46. The lowest BCUT2D eigenvalue weighted by molar-refractivity contribution is -0.0755. The van der Waals surface area contributed by atoms with Crippen LogP contribution in [0.5, 0.6) is 0 Å². The average molecular weight is 232 g/mol. The molecule has 2 aromatic rings. The lowest BCUT2D eigenvalue weighted by Crippen LogP contribution is -2.25. The first-order chi connectivity index (χ1) is 8.06. The van der Waals surface area contributed by atoms with E-state index in [1.807, 2.05) is 26.0 Å². The molecule has 1 amide bonds. The molecule has 0 saturated carbocycles. The van der Waals surface area contributed by atoms with E-state index in [1.54, 1.807) is 13.1 Å². The van der Waals surface area contributed by atoms with Crippen LogP contribution in [0.4, 0.5) is 0 Å². The zero-order chi connectivity index (χ0) is 12.6. The van der Waals surface area contributed by atoms with Gasteiger partial charge in [-0.1, -0.05) is 12.1 Å². The van der Waals surface area contributed by atoms with Gasteiger partial charge in [0.15, 0.2) is 0 Å². The van der Waals surface area contributed by atoms with Crippen LogP contribution in [-0.2, 0) is 4.84 Å². The highest BCUT2D eigenvalue weighted by Crippen LogP contribution is 2.24. The largest absolute Gasteiger partial charge is 0.358 e. The standard InChI is InChI=1S/C13H16N2O2/c1-8-9(2)14-12-10(8)6-5-7-11(12)13(16)15(3)17-4/h5-7,14H,1-4H3. The summed E-state index contributed by atoms with van der Waals surface area (Å²) in [6.07, 6.45) is 0. The molecule has 4 heteroatoms. The van der Waals surface area contributed by atoms with Crippen molar-refractivity contribution in [2.24, 2.45) is 0 Å².